The van der Waals surface area contributed by atoms with Crippen LogP contribution in [0.2, 0.25) is 20.1 Å². The first-order valence-corrected chi connectivity index (χ1v) is 6.65. The topological polar surface area (TPSA) is 0 Å². The standard InChI is InChI=1S/C13H6Cl4F2/c14-7-3-1-2-6(13(18)19)10(7)11-8(15)4-5-9(16)12(11)17/h1-5,13H. The van der Waals surface area contributed by atoms with Crippen molar-refractivity contribution in [3.63, 3.8) is 0 Å². The van der Waals surface area contributed by atoms with Gasteiger partial charge in [0.2, 0.25) is 0 Å². The van der Waals surface area contributed by atoms with Gasteiger partial charge in [-0.05, 0) is 18.2 Å². The maximum Gasteiger partial charge on any atom is 0.264 e. The van der Waals surface area contributed by atoms with Crippen LogP contribution in [0.3, 0.4) is 0 Å². The summed E-state index contributed by atoms with van der Waals surface area (Å²) in [5.41, 5.74) is 0.0898. The zero-order valence-electron chi connectivity index (χ0n) is 9.23. The summed E-state index contributed by atoms with van der Waals surface area (Å²) < 4.78 is 26.2. The lowest BCUT2D eigenvalue weighted by atomic mass is 9.99. The lowest BCUT2D eigenvalue weighted by molar-refractivity contribution is 0.152. The van der Waals surface area contributed by atoms with Gasteiger partial charge in [0.05, 0.1) is 15.1 Å². The van der Waals surface area contributed by atoms with Crippen LogP contribution in [0, 0.1) is 0 Å². The van der Waals surface area contributed by atoms with Crippen LogP contribution in [-0.2, 0) is 0 Å². The predicted molar refractivity (Wildman–Crippen MR) is 76.9 cm³/mol. The van der Waals surface area contributed by atoms with Gasteiger partial charge < -0.3 is 0 Å². The largest absolute Gasteiger partial charge is 0.264 e. The van der Waals surface area contributed by atoms with E-state index in [4.69, 9.17) is 46.4 Å². The van der Waals surface area contributed by atoms with Gasteiger partial charge >= 0.3 is 0 Å². The highest BCUT2D eigenvalue weighted by Crippen LogP contribution is 2.45. The molecule has 19 heavy (non-hydrogen) atoms. The molecular formula is C13H6Cl4F2. The van der Waals surface area contributed by atoms with Gasteiger partial charge in [-0.15, -0.1) is 0 Å². The summed E-state index contributed by atoms with van der Waals surface area (Å²) in [4.78, 5) is 0. The Labute approximate surface area is 128 Å². The van der Waals surface area contributed by atoms with Crippen LogP contribution in [-0.4, -0.2) is 0 Å². The minimum atomic E-state index is -2.69. The average molecular weight is 342 g/mol. The van der Waals surface area contributed by atoms with E-state index in [1.54, 1.807) is 0 Å². The minimum absolute atomic E-state index is 0.101. The number of hydrogen-bond donors (Lipinski definition) is 0. The van der Waals surface area contributed by atoms with Crippen molar-refractivity contribution in [1.29, 1.82) is 0 Å². The van der Waals surface area contributed by atoms with E-state index in [1.807, 2.05) is 0 Å². The van der Waals surface area contributed by atoms with Crippen molar-refractivity contribution in [2.45, 2.75) is 6.43 Å². The Balaban J connectivity index is 2.83. The SMILES string of the molecule is FC(F)c1cccc(Cl)c1-c1c(Cl)ccc(Cl)c1Cl. The van der Waals surface area contributed by atoms with Crippen molar-refractivity contribution in [3.05, 3.63) is 56.0 Å². The second-order valence-electron chi connectivity index (χ2n) is 3.72. The maximum atomic E-state index is 13.1. The Bertz CT molecular complexity index is 626. The first-order valence-electron chi connectivity index (χ1n) is 5.14. The molecule has 0 aliphatic heterocycles. The van der Waals surface area contributed by atoms with Gasteiger partial charge in [0.1, 0.15) is 0 Å². The summed E-state index contributed by atoms with van der Waals surface area (Å²) in [6.45, 7) is 0. The third-order valence-electron chi connectivity index (χ3n) is 2.57. The van der Waals surface area contributed by atoms with Crippen molar-refractivity contribution in [2.24, 2.45) is 0 Å². The van der Waals surface area contributed by atoms with E-state index in [0.717, 1.165) is 0 Å². The molecule has 0 aliphatic carbocycles. The Morgan fingerprint density at radius 3 is 1.95 bits per heavy atom. The molecule has 6 heteroatoms. The quantitative estimate of drug-likeness (QED) is 0.521. The highest BCUT2D eigenvalue weighted by Gasteiger charge is 2.22. The Kier molecular flexibility index (Phi) is 4.57. The molecule has 0 saturated heterocycles. The molecular weight excluding hydrogens is 336 g/mol. The van der Waals surface area contributed by atoms with Gasteiger partial charge in [0, 0.05) is 21.7 Å². The van der Waals surface area contributed by atoms with Crippen LogP contribution in [0.1, 0.15) is 12.0 Å². The monoisotopic (exact) mass is 340 g/mol. The summed E-state index contributed by atoms with van der Waals surface area (Å²) in [5, 5.41) is 0.679. The van der Waals surface area contributed by atoms with Crippen LogP contribution in [0.4, 0.5) is 8.78 Å². The van der Waals surface area contributed by atoms with E-state index in [0.29, 0.717) is 0 Å². The molecule has 0 nitrogen and oxygen atoms in total. The van der Waals surface area contributed by atoms with E-state index in [9.17, 15) is 8.78 Å². The van der Waals surface area contributed by atoms with E-state index in [2.05, 4.69) is 0 Å². The number of rotatable bonds is 2. The van der Waals surface area contributed by atoms with Crippen LogP contribution in [0.15, 0.2) is 30.3 Å². The van der Waals surface area contributed by atoms with Gasteiger partial charge in [-0.3, -0.25) is 0 Å². The molecule has 0 atom stereocenters. The number of hydrogen-bond acceptors (Lipinski definition) is 0. The van der Waals surface area contributed by atoms with Gasteiger partial charge in [0.25, 0.3) is 6.43 Å². The first-order chi connectivity index (χ1) is 8.93. The second kappa shape index (κ2) is 5.84. The van der Waals surface area contributed by atoms with Gasteiger partial charge in [-0.25, -0.2) is 8.78 Å². The predicted octanol–water partition coefficient (Wildman–Crippen LogP) is 6.90. The lowest BCUT2D eigenvalue weighted by Gasteiger charge is -2.14. The minimum Gasteiger partial charge on any atom is -0.205 e. The van der Waals surface area contributed by atoms with Crippen molar-refractivity contribution in [2.75, 3.05) is 0 Å². The molecule has 0 aromatic heterocycles. The summed E-state index contributed by atoms with van der Waals surface area (Å²) in [5.74, 6) is 0. The summed E-state index contributed by atoms with van der Waals surface area (Å²) in [6.07, 6.45) is -2.69. The van der Waals surface area contributed by atoms with E-state index in [-0.39, 0.29) is 36.8 Å². The fourth-order valence-corrected chi connectivity index (χ4v) is 2.74. The number of alkyl halides is 2. The Morgan fingerprint density at radius 1 is 0.737 bits per heavy atom. The van der Waals surface area contributed by atoms with Crippen molar-refractivity contribution >= 4 is 46.4 Å². The second-order valence-corrected chi connectivity index (χ2v) is 5.32. The molecule has 0 spiro atoms. The first kappa shape index (κ1) is 14.9. The van der Waals surface area contributed by atoms with Gasteiger partial charge in [-0.1, -0.05) is 58.5 Å². The molecule has 2 rings (SSSR count). The molecule has 2 aromatic rings. The molecule has 100 valence electrons. The fraction of sp³-hybridized carbons (Fsp3) is 0.0769. The van der Waals surface area contributed by atoms with Crippen molar-refractivity contribution in [3.8, 4) is 11.1 Å². The molecule has 0 fully saturated rings. The zero-order chi connectivity index (χ0) is 14.2. The van der Waals surface area contributed by atoms with E-state index < -0.39 is 6.43 Å². The Morgan fingerprint density at radius 2 is 1.32 bits per heavy atom. The van der Waals surface area contributed by atoms with Crippen molar-refractivity contribution < 1.29 is 8.78 Å². The lowest BCUT2D eigenvalue weighted by Crippen LogP contribution is -1.93. The summed E-state index contributed by atoms with van der Waals surface area (Å²) in [6, 6.07) is 7.20. The van der Waals surface area contributed by atoms with Crippen LogP contribution < -0.4 is 0 Å². The van der Waals surface area contributed by atoms with Crippen LogP contribution >= 0.6 is 46.4 Å². The van der Waals surface area contributed by atoms with Crippen LogP contribution in [0.5, 0.6) is 0 Å². The highest BCUT2D eigenvalue weighted by atomic mass is 35.5. The molecule has 0 bridgehead atoms. The maximum absolute atomic E-state index is 13.1. The number of halogens is 6. The van der Waals surface area contributed by atoms with Crippen LogP contribution in [0.25, 0.3) is 11.1 Å². The van der Waals surface area contributed by atoms with E-state index >= 15 is 0 Å². The average Bonchev–Trinajstić information content (AvgIpc) is 2.36. The molecule has 0 saturated carbocycles. The molecule has 2 aromatic carbocycles. The highest BCUT2D eigenvalue weighted by molar-refractivity contribution is 6.47. The fourth-order valence-electron chi connectivity index (χ4n) is 1.74. The molecule has 0 N–H and O–H groups in total. The summed E-state index contributed by atoms with van der Waals surface area (Å²) >= 11 is 24.0. The van der Waals surface area contributed by atoms with Crippen molar-refractivity contribution in [1.82, 2.24) is 0 Å². The molecule has 0 heterocycles. The third-order valence-corrected chi connectivity index (χ3v) is 4.01. The smallest absolute Gasteiger partial charge is 0.205 e. The van der Waals surface area contributed by atoms with E-state index in [1.165, 1.54) is 30.3 Å². The van der Waals surface area contributed by atoms with Gasteiger partial charge in [-0.2, -0.15) is 0 Å². The molecule has 0 unspecified atom stereocenters. The molecule has 0 aliphatic rings. The van der Waals surface area contributed by atoms with Gasteiger partial charge in [0.15, 0.2) is 0 Å². The molecule has 0 radical (unpaired) electrons. The number of benzene rings is 2. The Hall–Kier alpha value is -0.540. The summed E-state index contributed by atoms with van der Waals surface area (Å²) in [7, 11) is 0. The normalized spacial score (nSPS) is 11.1. The third kappa shape index (κ3) is 2.82. The zero-order valence-corrected chi connectivity index (χ0v) is 12.3. The molecule has 0 amide bonds.